The first-order valence-corrected chi connectivity index (χ1v) is 10.6. The maximum absolute atomic E-state index is 12.4. The van der Waals surface area contributed by atoms with E-state index < -0.39 is 10.0 Å². The molecule has 28 heavy (non-hydrogen) atoms. The lowest BCUT2D eigenvalue weighted by Gasteiger charge is -2.08. The molecule has 0 unspecified atom stereocenters. The van der Waals surface area contributed by atoms with E-state index >= 15 is 0 Å². The fraction of sp³-hybridized carbons (Fsp3) is 0. The average Bonchev–Trinajstić information content (AvgIpc) is 3.18. The van der Waals surface area contributed by atoms with Gasteiger partial charge in [-0.3, -0.25) is 9.71 Å². The van der Waals surface area contributed by atoms with Crippen molar-refractivity contribution < 1.29 is 8.42 Å². The zero-order valence-corrected chi connectivity index (χ0v) is 16.1. The van der Waals surface area contributed by atoms with Crippen LogP contribution >= 0.6 is 11.3 Å². The first-order chi connectivity index (χ1) is 13.6. The molecule has 0 saturated heterocycles. The highest BCUT2D eigenvalue weighted by atomic mass is 32.2. The number of sulfonamides is 1. The van der Waals surface area contributed by atoms with Crippen molar-refractivity contribution in [1.82, 2.24) is 15.0 Å². The van der Waals surface area contributed by atoms with E-state index in [2.05, 4.69) is 25.0 Å². The highest BCUT2D eigenvalue weighted by molar-refractivity contribution is 7.92. The summed E-state index contributed by atoms with van der Waals surface area (Å²) in [5.41, 5.74) is 2.51. The normalized spacial score (nSPS) is 11.1. The number of anilines is 3. The molecule has 3 aromatic heterocycles. The Morgan fingerprint density at radius 1 is 0.929 bits per heavy atom. The van der Waals surface area contributed by atoms with Crippen molar-refractivity contribution in [3.8, 4) is 11.3 Å². The molecule has 0 aliphatic heterocycles. The molecule has 0 atom stereocenters. The highest BCUT2D eigenvalue weighted by Gasteiger charge is 2.14. The van der Waals surface area contributed by atoms with Gasteiger partial charge in [-0.05, 0) is 48.5 Å². The zero-order valence-electron chi connectivity index (χ0n) is 14.5. The second-order valence-corrected chi connectivity index (χ2v) is 8.29. The van der Waals surface area contributed by atoms with Crippen LogP contribution in [0, 0.1) is 0 Å². The molecule has 0 radical (unpaired) electrons. The fourth-order valence-corrected chi connectivity index (χ4v) is 4.19. The van der Waals surface area contributed by atoms with Gasteiger partial charge in [-0.1, -0.05) is 6.07 Å². The SMILES string of the molecule is O=S(=O)(Nc1ccccn1)c1ccc(Nc2nc(-c3cccnc3)cs2)cc1. The Balaban J connectivity index is 1.47. The van der Waals surface area contributed by atoms with E-state index in [4.69, 9.17) is 0 Å². The first-order valence-electron chi connectivity index (χ1n) is 8.27. The molecule has 0 bridgehead atoms. The van der Waals surface area contributed by atoms with Gasteiger partial charge in [-0.2, -0.15) is 0 Å². The van der Waals surface area contributed by atoms with Gasteiger partial charge in [0.05, 0.1) is 10.6 Å². The fourth-order valence-electron chi connectivity index (χ4n) is 2.44. The second kappa shape index (κ2) is 7.75. The number of thiazole rings is 1. The van der Waals surface area contributed by atoms with Crippen LogP contribution in [0.15, 0.2) is 83.5 Å². The summed E-state index contributed by atoms with van der Waals surface area (Å²) in [5, 5.41) is 5.83. The lowest BCUT2D eigenvalue weighted by molar-refractivity contribution is 0.601. The van der Waals surface area contributed by atoms with E-state index in [1.54, 1.807) is 42.7 Å². The standard InChI is InChI=1S/C19H15N5O2S2/c25-28(26,24-18-5-1-2-11-21-18)16-8-6-15(7-9-16)22-19-23-17(13-27-19)14-4-3-10-20-12-14/h1-13H,(H,21,24)(H,22,23). The Labute approximate surface area is 166 Å². The van der Waals surface area contributed by atoms with Crippen LogP contribution in [-0.4, -0.2) is 23.4 Å². The first kappa shape index (κ1) is 18.1. The van der Waals surface area contributed by atoms with Gasteiger partial charge in [0.1, 0.15) is 5.82 Å². The van der Waals surface area contributed by atoms with Crippen molar-refractivity contribution in [2.24, 2.45) is 0 Å². The van der Waals surface area contributed by atoms with Crippen LogP contribution in [-0.2, 0) is 10.0 Å². The second-order valence-electron chi connectivity index (χ2n) is 5.75. The number of nitrogens with one attached hydrogen (secondary N) is 2. The van der Waals surface area contributed by atoms with Gasteiger partial charge >= 0.3 is 0 Å². The molecule has 0 fully saturated rings. The number of hydrogen-bond acceptors (Lipinski definition) is 7. The molecule has 9 heteroatoms. The maximum Gasteiger partial charge on any atom is 0.263 e. The molecule has 4 aromatic rings. The molecule has 0 aliphatic carbocycles. The predicted octanol–water partition coefficient (Wildman–Crippen LogP) is 4.14. The molecular formula is C19H15N5O2S2. The smallest absolute Gasteiger partial charge is 0.263 e. The Kier molecular flexibility index (Phi) is 5.00. The molecule has 0 aliphatic rings. The topological polar surface area (TPSA) is 96.9 Å². The zero-order chi connectivity index (χ0) is 19.4. The Hall–Kier alpha value is -3.30. The minimum Gasteiger partial charge on any atom is -0.332 e. The number of rotatable bonds is 6. The van der Waals surface area contributed by atoms with Gasteiger partial charge in [0.2, 0.25) is 0 Å². The molecule has 7 nitrogen and oxygen atoms in total. The van der Waals surface area contributed by atoms with E-state index in [1.807, 2.05) is 17.5 Å². The van der Waals surface area contributed by atoms with Crippen molar-refractivity contribution >= 4 is 38.0 Å². The Morgan fingerprint density at radius 2 is 1.79 bits per heavy atom. The van der Waals surface area contributed by atoms with Crippen LogP contribution in [0.25, 0.3) is 11.3 Å². The third-order valence-electron chi connectivity index (χ3n) is 3.78. The van der Waals surface area contributed by atoms with Crippen LogP contribution in [0.4, 0.5) is 16.6 Å². The monoisotopic (exact) mass is 409 g/mol. The summed E-state index contributed by atoms with van der Waals surface area (Å²) in [4.78, 5) is 12.8. The van der Waals surface area contributed by atoms with Gasteiger partial charge in [-0.25, -0.2) is 18.4 Å². The molecule has 2 N–H and O–H groups in total. The van der Waals surface area contributed by atoms with Gasteiger partial charge in [-0.15, -0.1) is 11.3 Å². The largest absolute Gasteiger partial charge is 0.332 e. The minimum absolute atomic E-state index is 0.152. The third-order valence-corrected chi connectivity index (χ3v) is 5.91. The van der Waals surface area contributed by atoms with Crippen LogP contribution in [0.2, 0.25) is 0 Å². The van der Waals surface area contributed by atoms with E-state index in [0.29, 0.717) is 5.13 Å². The summed E-state index contributed by atoms with van der Waals surface area (Å²) in [7, 11) is -3.70. The third kappa shape index (κ3) is 4.16. The summed E-state index contributed by atoms with van der Waals surface area (Å²) in [6.07, 6.45) is 5.00. The summed E-state index contributed by atoms with van der Waals surface area (Å²) in [6.45, 7) is 0. The molecular weight excluding hydrogens is 394 g/mol. The molecule has 0 amide bonds. The Bertz CT molecular complexity index is 1160. The summed E-state index contributed by atoms with van der Waals surface area (Å²) in [6, 6.07) is 15.3. The molecule has 140 valence electrons. The van der Waals surface area contributed by atoms with Crippen molar-refractivity contribution in [2.75, 3.05) is 10.0 Å². The number of pyridine rings is 2. The Morgan fingerprint density at radius 3 is 2.50 bits per heavy atom. The van der Waals surface area contributed by atoms with E-state index in [1.165, 1.54) is 29.7 Å². The van der Waals surface area contributed by atoms with Gasteiger partial charge in [0, 0.05) is 35.2 Å². The van der Waals surface area contributed by atoms with Gasteiger partial charge < -0.3 is 5.32 Å². The van der Waals surface area contributed by atoms with Crippen LogP contribution in [0.5, 0.6) is 0 Å². The number of benzene rings is 1. The summed E-state index contributed by atoms with van der Waals surface area (Å²) >= 11 is 1.46. The maximum atomic E-state index is 12.4. The number of nitrogens with zero attached hydrogens (tertiary/aromatic N) is 3. The highest BCUT2D eigenvalue weighted by Crippen LogP contribution is 2.27. The van der Waals surface area contributed by atoms with Crippen LogP contribution < -0.4 is 10.0 Å². The van der Waals surface area contributed by atoms with Gasteiger partial charge in [0.15, 0.2) is 5.13 Å². The summed E-state index contributed by atoms with van der Waals surface area (Å²) < 4.78 is 27.3. The average molecular weight is 409 g/mol. The van der Waals surface area contributed by atoms with Crippen molar-refractivity contribution in [2.45, 2.75) is 4.90 Å². The molecule has 0 saturated carbocycles. The minimum atomic E-state index is -3.70. The lowest BCUT2D eigenvalue weighted by atomic mass is 10.2. The van der Waals surface area contributed by atoms with E-state index in [0.717, 1.165) is 16.9 Å². The van der Waals surface area contributed by atoms with E-state index in [9.17, 15) is 8.42 Å². The molecule has 4 rings (SSSR count). The van der Waals surface area contributed by atoms with Crippen LogP contribution in [0.1, 0.15) is 0 Å². The molecule has 3 heterocycles. The molecule has 1 aromatic carbocycles. The van der Waals surface area contributed by atoms with Gasteiger partial charge in [0.25, 0.3) is 10.0 Å². The predicted molar refractivity (Wildman–Crippen MR) is 110 cm³/mol. The lowest BCUT2D eigenvalue weighted by Crippen LogP contribution is -2.13. The van der Waals surface area contributed by atoms with Crippen LogP contribution in [0.3, 0.4) is 0 Å². The summed E-state index contributed by atoms with van der Waals surface area (Å²) in [5.74, 6) is 0.274. The van der Waals surface area contributed by atoms with Crippen molar-refractivity contribution in [3.05, 3.63) is 78.6 Å². The number of hydrogen-bond donors (Lipinski definition) is 2. The molecule has 0 spiro atoms. The van der Waals surface area contributed by atoms with Crippen molar-refractivity contribution in [1.29, 1.82) is 0 Å². The van der Waals surface area contributed by atoms with Crippen molar-refractivity contribution in [3.63, 3.8) is 0 Å². The number of aromatic nitrogens is 3. The van der Waals surface area contributed by atoms with E-state index in [-0.39, 0.29) is 10.7 Å². The quantitative estimate of drug-likeness (QED) is 0.497.